The van der Waals surface area contributed by atoms with Gasteiger partial charge in [0, 0.05) is 4.88 Å². The van der Waals surface area contributed by atoms with Crippen LogP contribution in [0.25, 0.3) is 0 Å². The maximum atomic E-state index is 12.4. The van der Waals surface area contributed by atoms with E-state index in [1.54, 1.807) is 18.2 Å². The molecule has 0 aliphatic rings. The highest BCUT2D eigenvalue weighted by Crippen LogP contribution is 2.38. The third-order valence-electron chi connectivity index (χ3n) is 2.69. The quantitative estimate of drug-likeness (QED) is 0.801. The van der Waals surface area contributed by atoms with Gasteiger partial charge in [-0.2, -0.15) is 0 Å². The molecule has 1 heterocycles. The van der Waals surface area contributed by atoms with E-state index >= 15 is 0 Å². The van der Waals surface area contributed by atoms with Crippen LogP contribution in [0.5, 0.6) is 11.5 Å². The Hall–Kier alpha value is -1.52. The molecule has 5 heteroatoms. The van der Waals surface area contributed by atoms with Crippen molar-refractivity contribution in [2.75, 3.05) is 14.2 Å². The van der Waals surface area contributed by atoms with Crippen molar-refractivity contribution in [2.45, 2.75) is 6.92 Å². The van der Waals surface area contributed by atoms with Crippen LogP contribution in [0.3, 0.4) is 0 Å². The van der Waals surface area contributed by atoms with Crippen LogP contribution in [0.1, 0.15) is 20.1 Å². The van der Waals surface area contributed by atoms with Gasteiger partial charge in [0.2, 0.25) is 5.78 Å². The van der Waals surface area contributed by atoms with Gasteiger partial charge in [-0.15, -0.1) is 11.3 Å². The van der Waals surface area contributed by atoms with Crippen LogP contribution >= 0.6 is 22.9 Å². The summed E-state index contributed by atoms with van der Waals surface area (Å²) in [6.45, 7) is 1.96. The van der Waals surface area contributed by atoms with Crippen molar-refractivity contribution >= 4 is 28.7 Å². The summed E-state index contributed by atoms with van der Waals surface area (Å²) < 4.78 is 10.4. The number of methoxy groups -OCH3 is 2. The SMILES string of the molecule is COc1ccc(C(=O)c2ccc(C)s2)c(OC)c1Cl. The van der Waals surface area contributed by atoms with E-state index in [1.807, 2.05) is 13.0 Å². The topological polar surface area (TPSA) is 35.5 Å². The maximum absolute atomic E-state index is 12.4. The summed E-state index contributed by atoms with van der Waals surface area (Å²) in [6, 6.07) is 7.05. The van der Waals surface area contributed by atoms with Gasteiger partial charge in [0.15, 0.2) is 5.75 Å². The molecule has 0 atom stereocenters. The molecule has 2 aromatic rings. The summed E-state index contributed by atoms with van der Waals surface area (Å²) >= 11 is 7.60. The Bertz CT molecular complexity index is 619. The number of carbonyl (C=O) groups excluding carboxylic acids is 1. The van der Waals surface area contributed by atoms with E-state index in [4.69, 9.17) is 21.1 Å². The van der Waals surface area contributed by atoms with Crippen molar-refractivity contribution in [1.82, 2.24) is 0 Å². The average Bonchev–Trinajstić information content (AvgIpc) is 2.84. The zero-order valence-electron chi connectivity index (χ0n) is 10.8. The van der Waals surface area contributed by atoms with Crippen LogP contribution in [-0.4, -0.2) is 20.0 Å². The lowest BCUT2D eigenvalue weighted by Crippen LogP contribution is -2.03. The first-order chi connectivity index (χ1) is 9.08. The van der Waals surface area contributed by atoms with Crippen LogP contribution in [0.15, 0.2) is 24.3 Å². The molecule has 0 unspecified atom stereocenters. The van der Waals surface area contributed by atoms with Crippen molar-refractivity contribution in [3.63, 3.8) is 0 Å². The van der Waals surface area contributed by atoms with Gasteiger partial charge < -0.3 is 9.47 Å². The van der Waals surface area contributed by atoms with Crippen molar-refractivity contribution in [3.8, 4) is 11.5 Å². The molecule has 0 amide bonds. The van der Waals surface area contributed by atoms with E-state index in [1.165, 1.54) is 25.6 Å². The molecule has 0 spiro atoms. The van der Waals surface area contributed by atoms with Crippen LogP contribution in [-0.2, 0) is 0 Å². The van der Waals surface area contributed by atoms with E-state index in [0.717, 1.165) is 4.88 Å². The van der Waals surface area contributed by atoms with Gasteiger partial charge in [-0.3, -0.25) is 4.79 Å². The summed E-state index contributed by atoms with van der Waals surface area (Å²) in [5.74, 6) is 0.731. The second-order valence-electron chi connectivity index (χ2n) is 3.90. The van der Waals surface area contributed by atoms with Gasteiger partial charge in [-0.25, -0.2) is 0 Å². The molecule has 0 aliphatic heterocycles. The minimum atomic E-state index is -0.0977. The Morgan fingerprint density at radius 2 is 1.89 bits per heavy atom. The van der Waals surface area contributed by atoms with Gasteiger partial charge in [0.1, 0.15) is 10.8 Å². The number of carbonyl (C=O) groups is 1. The molecule has 100 valence electrons. The molecule has 2 rings (SSSR count). The Labute approximate surface area is 120 Å². The molecule has 3 nitrogen and oxygen atoms in total. The highest BCUT2D eigenvalue weighted by molar-refractivity contribution is 7.14. The van der Waals surface area contributed by atoms with Gasteiger partial charge >= 0.3 is 0 Å². The number of hydrogen-bond acceptors (Lipinski definition) is 4. The Kier molecular flexibility index (Phi) is 4.12. The van der Waals surface area contributed by atoms with E-state index in [2.05, 4.69) is 0 Å². The van der Waals surface area contributed by atoms with Gasteiger partial charge in [0.05, 0.1) is 24.7 Å². The van der Waals surface area contributed by atoms with Crippen LogP contribution in [0.2, 0.25) is 5.02 Å². The lowest BCUT2D eigenvalue weighted by atomic mass is 10.1. The molecule has 0 N–H and O–H groups in total. The number of benzene rings is 1. The standard InChI is InChI=1S/C14H13ClO3S/c1-8-4-7-11(19-8)13(16)9-5-6-10(17-2)12(15)14(9)18-3/h4-7H,1-3H3. The minimum Gasteiger partial charge on any atom is -0.495 e. The van der Waals surface area contributed by atoms with E-state index in [9.17, 15) is 4.79 Å². The maximum Gasteiger partial charge on any atom is 0.206 e. The highest BCUT2D eigenvalue weighted by atomic mass is 35.5. The summed E-state index contributed by atoms with van der Waals surface area (Å²) in [5, 5.41) is 0.309. The van der Waals surface area contributed by atoms with Crippen LogP contribution < -0.4 is 9.47 Å². The first kappa shape index (κ1) is 13.9. The van der Waals surface area contributed by atoms with Crippen molar-refractivity contribution in [2.24, 2.45) is 0 Å². The lowest BCUT2D eigenvalue weighted by molar-refractivity contribution is 0.103. The van der Waals surface area contributed by atoms with Crippen LogP contribution in [0.4, 0.5) is 0 Å². The van der Waals surface area contributed by atoms with Crippen molar-refractivity contribution in [3.05, 3.63) is 44.6 Å². The third kappa shape index (κ3) is 2.60. The number of hydrogen-bond donors (Lipinski definition) is 0. The molecule has 1 aromatic heterocycles. The fourth-order valence-electron chi connectivity index (χ4n) is 1.76. The second kappa shape index (κ2) is 5.63. The average molecular weight is 297 g/mol. The Balaban J connectivity index is 2.50. The predicted molar refractivity (Wildman–Crippen MR) is 77.0 cm³/mol. The molecule has 0 saturated heterocycles. The fourth-order valence-corrected chi connectivity index (χ4v) is 2.90. The zero-order valence-corrected chi connectivity index (χ0v) is 12.4. The Morgan fingerprint density at radius 3 is 2.42 bits per heavy atom. The zero-order chi connectivity index (χ0) is 14.0. The summed E-state index contributed by atoms with van der Waals surface area (Å²) in [7, 11) is 3.00. The molecular formula is C14H13ClO3S. The van der Waals surface area contributed by atoms with Crippen LogP contribution in [0, 0.1) is 6.92 Å². The number of aryl methyl sites for hydroxylation is 1. The highest BCUT2D eigenvalue weighted by Gasteiger charge is 2.20. The van der Waals surface area contributed by atoms with Gasteiger partial charge in [-0.1, -0.05) is 11.6 Å². The first-order valence-corrected chi connectivity index (χ1v) is 6.79. The number of ether oxygens (including phenoxy) is 2. The first-order valence-electron chi connectivity index (χ1n) is 5.60. The van der Waals surface area contributed by atoms with Crippen molar-refractivity contribution < 1.29 is 14.3 Å². The van der Waals surface area contributed by atoms with Gasteiger partial charge in [0.25, 0.3) is 0 Å². The van der Waals surface area contributed by atoms with Gasteiger partial charge in [-0.05, 0) is 31.2 Å². The molecule has 0 fully saturated rings. The molecule has 1 aromatic carbocycles. The molecule has 0 saturated carbocycles. The smallest absolute Gasteiger partial charge is 0.206 e. The normalized spacial score (nSPS) is 10.3. The lowest BCUT2D eigenvalue weighted by Gasteiger charge is -2.11. The summed E-state index contributed by atoms with van der Waals surface area (Å²) in [4.78, 5) is 14.2. The monoisotopic (exact) mass is 296 g/mol. The third-order valence-corrected chi connectivity index (χ3v) is 4.05. The van der Waals surface area contributed by atoms with E-state index in [0.29, 0.717) is 27.0 Å². The Morgan fingerprint density at radius 1 is 1.16 bits per heavy atom. The van der Waals surface area contributed by atoms with E-state index < -0.39 is 0 Å². The number of ketones is 1. The molecule has 19 heavy (non-hydrogen) atoms. The molecule has 0 aliphatic carbocycles. The second-order valence-corrected chi connectivity index (χ2v) is 5.57. The molecular weight excluding hydrogens is 284 g/mol. The van der Waals surface area contributed by atoms with E-state index in [-0.39, 0.29) is 5.78 Å². The molecule has 0 bridgehead atoms. The number of rotatable bonds is 4. The largest absolute Gasteiger partial charge is 0.495 e. The van der Waals surface area contributed by atoms with Crippen molar-refractivity contribution in [1.29, 1.82) is 0 Å². The summed E-state index contributed by atoms with van der Waals surface area (Å²) in [6.07, 6.45) is 0. The fraction of sp³-hybridized carbons (Fsp3) is 0.214. The predicted octanol–water partition coefficient (Wildman–Crippen LogP) is 3.96. The summed E-state index contributed by atoms with van der Waals surface area (Å²) in [5.41, 5.74) is 0.440. The number of halogens is 1. The minimum absolute atomic E-state index is 0.0977. The number of thiophene rings is 1. The molecule has 0 radical (unpaired) electrons.